The molecule has 3 fully saturated rings. The highest BCUT2D eigenvalue weighted by atomic mass is 16.5. The zero-order valence-electron chi connectivity index (χ0n) is 22.8. The van der Waals surface area contributed by atoms with Crippen molar-refractivity contribution in [1.29, 1.82) is 5.26 Å². The summed E-state index contributed by atoms with van der Waals surface area (Å²) in [7, 11) is 1.97. The number of hydrogen-bond acceptors (Lipinski definition) is 8. The van der Waals surface area contributed by atoms with Gasteiger partial charge in [-0.2, -0.15) is 5.26 Å². The lowest BCUT2D eigenvalue weighted by Gasteiger charge is -2.50. The Hall–Kier alpha value is -3.16. The van der Waals surface area contributed by atoms with Crippen LogP contribution in [0.2, 0.25) is 0 Å². The van der Waals surface area contributed by atoms with Crippen LogP contribution in [0.1, 0.15) is 23.6 Å². The Morgan fingerprint density at radius 1 is 1.10 bits per heavy atom. The van der Waals surface area contributed by atoms with E-state index in [-0.39, 0.29) is 17.8 Å². The number of ether oxygens (including phenoxy) is 2. The molecule has 0 aliphatic carbocycles. The number of hydrogen-bond donors (Lipinski definition) is 1. The predicted octanol–water partition coefficient (Wildman–Crippen LogP) is 1.11. The van der Waals surface area contributed by atoms with E-state index in [1.54, 1.807) is 0 Å². The van der Waals surface area contributed by atoms with E-state index in [4.69, 9.17) is 14.5 Å². The topological polar surface area (TPSA) is 76.9 Å². The molecule has 4 aliphatic rings. The third-order valence-electron chi connectivity index (χ3n) is 8.75. The van der Waals surface area contributed by atoms with Crippen LogP contribution in [-0.2, 0) is 21.7 Å². The Labute approximate surface area is 230 Å². The van der Waals surface area contributed by atoms with E-state index >= 15 is 0 Å². The van der Waals surface area contributed by atoms with Crippen LogP contribution < -0.4 is 20.7 Å². The number of benzene rings is 2. The summed E-state index contributed by atoms with van der Waals surface area (Å²) in [6, 6.07) is 17.4. The number of nitrogens with one attached hydrogen (secondary N) is 1. The quantitative estimate of drug-likeness (QED) is 0.511. The van der Waals surface area contributed by atoms with Gasteiger partial charge in [0, 0.05) is 75.7 Å². The van der Waals surface area contributed by atoms with Gasteiger partial charge in [-0.25, -0.2) is 0 Å². The lowest BCUT2D eigenvalue weighted by atomic mass is 9.84. The number of rotatable bonds is 4. The number of fused-ring (bicyclic) bond motifs is 3. The monoisotopic (exact) mass is 522 g/mol. The lowest BCUT2D eigenvalue weighted by molar-refractivity contribution is -0.155. The predicted molar refractivity (Wildman–Crippen MR) is 156 cm³/mol. The van der Waals surface area contributed by atoms with Crippen LogP contribution in [0.5, 0.6) is 0 Å². The smallest absolute Gasteiger partial charge is 0.163 e. The van der Waals surface area contributed by atoms with Crippen molar-refractivity contribution in [3.63, 3.8) is 0 Å². The minimum atomic E-state index is -0.176. The largest absolute Gasteiger partial charge is 0.370 e. The van der Waals surface area contributed by atoms with Crippen molar-refractivity contribution in [3.05, 3.63) is 59.2 Å². The summed E-state index contributed by atoms with van der Waals surface area (Å²) in [6.45, 7) is 11.4. The molecule has 0 saturated carbocycles. The Balaban J connectivity index is 1.04. The highest BCUT2D eigenvalue weighted by Gasteiger charge is 2.50. The molecule has 3 saturated heterocycles. The van der Waals surface area contributed by atoms with E-state index in [1.165, 1.54) is 16.8 Å². The van der Waals surface area contributed by atoms with Gasteiger partial charge < -0.3 is 24.6 Å². The van der Waals surface area contributed by atoms with Gasteiger partial charge in [0.25, 0.3) is 0 Å². The second-order valence-corrected chi connectivity index (χ2v) is 11.6. The number of likely N-dealkylation sites (tertiary alicyclic amines) is 1. The maximum Gasteiger partial charge on any atom is 0.163 e. The fraction of sp³-hybridized carbons (Fsp3) is 0.467. The summed E-state index contributed by atoms with van der Waals surface area (Å²) >= 11 is 0. The molecule has 39 heavy (non-hydrogen) atoms. The molecule has 4 aliphatic heterocycles. The normalized spacial score (nSPS) is 24.5. The number of nitrogens with zero attached hydrogens (tertiary/aromatic N) is 5. The summed E-state index contributed by atoms with van der Waals surface area (Å²) in [4.78, 5) is 12.0. The molecule has 3 aromatic rings. The maximum absolute atomic E-state index is 9.62. The van der Waals surface area contributed by atoms with Crippen LogP contribution in [0.3, 0.4) is 0 Å². The van der Waals surface area contributed by atoms with E-state index in [0.717, 1.165) is 81.1 Å². The van der Waals surface area contributed by atoms with Crippen molar-refractivity contribution in [2.45, 2.75) is 31.3 Å². The Morgan fingerprint density at radius 3 is 2.77 bits per heavy atom. The zero-order valence-corrected chi connectivity index (χ0v) is 22.8. The number of pyridine rings is 1. The molecule has 5 heterocycles. The van der Waals surface area contributed by atoms with E-state index < -0.39 is 0 Å². The number of nitriles is 1. The van der Waals surface area contributed by atoms with E-state index in [2.05, 4.69) is 63.3 Å². The number of piperazine rings is 1. The average Bonchev–Trinajstić information content (AvgIpc) is 3.31. The molecule has 0 amide bonds. The Kier molecular flexibility index (Phi) is 6.24. The molecule has 2 aromatic carbocycles. The molecule has 0 bridgehead atoms. The standard InChI is InChI=1S/C30H35BN6O2/c1-20-14-37(27-6-2-21(13-32)29-25(27)4-7-28(31)34-29)16-24(39-20)15-35-18-30(19-35)26-5-3-23(12-22(26)17-38-30)36-10-8-33-9-11-36/h2-7,12,20,24,33H,8-11,14-19,31H2,1H3/t20-,24+/m1/s1. The first-order valence-corrected chi connectivity index (χ1v) is 14.2. The number of aromatic nitrogens is 1. The molecule has 0 radical (unpaired) electrons. The Bertz CT molecular complexity index is 1450. The Morgan fingerprint density at radius 2 is 1.95 bits per heavy atom. The molecule has 7 rings (SSSR count). The summed E-state index contributed by atoms with van der Waals surface area (Å²) in [5, 5.41) is 14.1. The van der Waals surface area contributed by atoms with Gasteiger partial charge >= 0.3 is 0 Å². The van der Waals surface area contributed by atoms with Crippen molar-refractivity contribution in [2.75, 3.05) is 68.7 Å². The third-order valence-corrected chi connectivity index (χ3v) is 8.75. The molecule has 8 nitrogen and oxygen atoms in total. The van der Waals surface area contributed by atoms with E-state index in [0.29, 0.717) is 12.2 Å². The second kappa shape index (κ2) is 9.79. The number of morpholine rings is 1. The van der Waals surface area contributed by atoms with Crippen molar-refractivity contribution < 1.29 is 9.47 Å². The molecule has 1 spiro atoms. The first kappa shape index (κ1) is 24.9. The molecule has 1 N–H and O–H groups in total. The van der Waals surface area contributed by atoms with Crippen molar-refractivity contribution in [3.8, 4) is 6.07 Å². The lowest BCUT2D eigenvalue weighted by Crippen LogP contribution is -2.62. The van der Waals surface area contributed by atoms with Gasteiger partial charge in [0.05, 0.1) is 29.9 Å². The van der Waals surface area contributed by atoms with Crippen molar-refractivity contribution >= 4 is 35.7 Å². The summed E-state index contributed by atoms with van der Waals surface area (Å²) < 4.78 is 12.9. The molecule has 1 aromatic heterocycles. The SMILES string of the molecule is Bc1ccc2c(N3C[C@H](CN4CC5(C4)OCc4cc(N6CCNCC6)ccc45)O[C@H](C)C3)ccc(C#N)c2n1. The second-order valence-electron chi connectivity index (χ2n) is 11.6. The molecular formula is C30H35BN6O2. The zero-order chi connectivity index (χ0) is 26.6. The molecule has 0 unspecified atom stereocenters. The van der Waals surface area contributed by atoms with Gasteiger partial charge in [0.2, 0.25) is 0 Å². The van der Waals surface area contributed by atoms with Crippen LogP contribution in [0, 0.1) is 11.3 Å². The van der Waals surface area contributed by atoms with Gasteiger partial charge in [-0.05, 0) is 54.0 Å². The summed E-state index contributed by atoms with van der Waals surface area (Å²) in [5.74, 6) is 0. The maximum atomic E-state index is 9.62. The van der Waals surface area contributed by atoms with Gasteiger partial charge in [-0.3, -0.25) is 9.88 Å². The van der Waals surface area contributed by atoms with E-state index in [1.807, 2.05) is 20.0 Å². The fourth-order valence-electron chi connectivity index (χ4n) is 6.92. The van der Waals surface area contributed by atoms with Crippen molar-refractivity contribution in [1.82, 2.24) is 15.2 Å². The van der Waals surface area contributed by atoms with Gasteiger partial charge in [-0.1, -0.05) is 12.1 Å². The van der Waals surface area contributed by atoms with Crippen LogP contribution in [0.15, 0.2) is 42.5 Å². The highest BCUT2D eigenvalue weighted by molar-refractivity contribution is 6.31. The fourth-order valence-corrected chi connectivity index (χ4v) is 6.92. The molecule has 9 heteroatoms. The van der Waals surface area contributed by atoms with Crippen molar-refractivity contribution in [2.24, 2.45) is 0 Å². The minimum absolute atomic E-state index is 0.103. The molecular weight excluding hydrogens is 487 g/mol. The summed E-state index contributed by atoms with van der Waals surface area (Å²) in [5.41, 5.74) is 7.31. The van der Waals surface area contributed by atoms with Crippen LogP contribution in [-0.4, -0.2) is 88.8 Å². The average molecular weight is 522 g/mol. The first-order valence-electron chi connectivity index (χ1n) is 14.2. The highest BCUT2D eigenvalue weighted by Crippen LogP contribution is 2.44. The van der Waals surface area contributed by atoms with E-state index in [9.17, 15) is 5.26 Å². The molecule has 2 atom stereocenters. The van der Waals surface area contributed by atoms with Crippen LogP contribution >= 0.6 is 0 Å². The molecule has 200 valence electrons. The third kappa shape index (κ3) is 4.46. The minimum Gasteiger partial charge on any atom is -0.370 e. The summed E-state index contributed by atoms with van der Waals surface area (Å²) in [6.07, 6.45) is 0.223. The van der Waals surface area contributed by atoms with Crippen LogP contribution in [0.25, 0.3) is 10.9 Å². The van der Waals surface area contributed by atoms with Gasteiger partial charge in [0.15, 0.2) is 7.85 Å². The first-order chi connectivity index (χ1) is 19.0. The number of anilines is 2. The van der Waals surface area contributed by atoms with Gasteiger partial charge in [-0.15, -0.1) is 0 Å². The van der Waals surface area contributed by atoms with Gasteiger partial charge in [0.1, 0.15) is 11.7 Å². The van der Waals surface area contributed by atoms with Crippen LogP contribution in [0.4, 0.5) is 11.4 Å².